The van der Waals surface area contributed by atoms with Crippen LogP contribution in [-0.4, -0.2) is 103 Å². The summed E-state index contributed by atoms with van der Waals surface area (Å²) in [5.41, 5.74) is 2.17. The summed E-state index contributed by atoms with van der Waals surface area (Å²) < 4.78 is 16.4. The quantitative estimate of drug-likeness (QED) is 0.273. The second kappa shape index (κ2) is 20.3. The molecule has 0 radical (unpaired) electrons. The summed E-state index contributed by atoms with van der Waals surface area (Å²) in [7, 11) is 1.48. The maximum absolute atomic E-state index is 13.4. The van der Waals surface area contributed by atoms with Crippen LogP contribution in [0.5, 0.6) is 11.5 Å². The van der Waals surface area contributed by atoms with Gasteiger partial charge in [0.05, 0.1) is 25.3 Å². The predicted octanol–water partition coefficient (Wildman–Crippen LogP) is 1.50. The third kappa shape index (κ3) is 13.2. The molecule has 0 unspecified atom stereocenters. The molecule has 0 saturated carbocycles. The summed E-state index contributed by atoms with van der Waals surface area (Å²) in [4.78, 5) is 67.1. The first-order valence-corrected chi connectivity index (χ1v) is 17.6. The SMILES string of the molecule is COc1cc2ccc1OCC(=O)NCCCN(C(=O)Cc1c(C)noc1C)CCCCNC(=O)[C@H]([C@@H](C)O)NC(=O)[C@@H](CC(C)C)NC(=O)CC2. The van der Waals surface area contributed by atoms with Crippen LogP contribution in [0, 0.1) is 19.8 Å². The number of nitrogens with one attached hydrogen (secondary N) is 4. The fraction of sp³-hybridized carbons (Fsp3) is 0.611. The zero-order valence-corrected chi connectivity index (χ0v) is 30.6. The molecule has 282 valence electrons. The molecule has 2 aromatic rings. The van der Waals surface area contributed by atoms with E-state index in [1.54, 1.807) is 36.9 Å². The van der Waals surface area contributed by atoms with Crippen molar-refractivity contribution >= 4 is 29.5 Å². The number of benzene rings is 1. The number of carbonyl (C=O) groups is 5. The molecule has 15 nitrogen and oxygen atoms in total. The number of aromatic nitrogens is 1. The lowest BCUT2D eigenvalue weighted by atomic mass is 10.0. The van der Waals surface area contributed by atoms with Crippen LogP contribution in [0.25, 0.3) is 0 Å². The van der Waals surface area contributed by atoms with E-state index in [4.69, 9.17) is 14.0 Å². The number of ether oxygens (including phenoxy) is 2. The van der Waals surface area contributed by atoms with Crippen LogP contribution in [0.2, 0.25) is 0 Å². The molecule has 51 heavy (non-hydrogen) atoms. The van der Waals surface area contributed by atoms with Gasteiger partial charge in [-0.1, -0.05) is 25.1 Å². The molecule has 0 fully saturated rings. The molecule has 3 heterocycles. The molecule has 0 aliphatic carbocycles. The highest BCUT2D eigenvalue weighted by Gasteiger charge is 2.30. The highest BCUT2D eigenvalue weighted by Crippen LogP contribution is 2.28. The number of hydrogen-bond acceptors (Lipinski definition) is 10. The Bertz CT molecular complexity index is 1470. The van der Waals surface area contributed by atoms with Gasteiger partial charge in [0, 0.05) is 38.2 Å². The highest BCUT2D eigenvalue weighted by atomic mass is 16.5. The number of fused-ring (bicyclic) bond motifs is 23. The molecule has 2 aliphatic rings. The first-order chi connectivity index (χ1) is 24.3. The maximum Gasteiger partial charge on any atom is 0.257 e. The summed E-state index contributed by atoms with van der Waals surface area (Å²) in [6.45, 7) is 9.89. The third-order valence-corrected chi connectivity index (χ3v) is 8.59. The van der Waals surface area contributed by atoms with E-state index in [0.717, 1.165) is 11.1 Å². The Balaban J connectivity index is 1.78. The number of methoxy groups -OCH3 is 1. The van der Waals surface area contributed by atoms with Crippen LogP contribution in [-0.2, 0) is 36.8 Å². The Labute approximate surface area is 299 Å². The molecule has 15 heteroatoms. The molecule has 1 aromatic carbocycles. The molecule has 2 bridgehead atoms. The fourth-order valence-corrected chi connectivity index (χ4v) is 5.69. The lowest BCUT2D eigenvalue weighted by Crippen LogP contribution is -2.57. The van der Waals surface area contributed by atoms with Crippen molar-refractivity contribution in [3.8, 4) is 11.5 Å². The van der Waals surface area contributed by atoms with Gasteiger partial charge in [0.2, 0.25) is 23.6 Å². The van der Waals surface area contributed by atoms with E-state index < -0.39 is 30.0 Å². The van der Waals surface area contributed by atoms with Crippen LogP contribution in [0.3, 0.4) is 0 Å². The minimum Gasteiger partial charge on any atom is -0.493 e. The summed E-state index contributed by atoms with van der Waals surface area (Å²) >= 11 is 0. The van der Waals surface area contributed by atoms with Crippen molar-refractivity contribution in [3.05, 3.63) is 40.8 Å². The Kier molecular flexibility index (Phi) is 16.2. The average Bonchev–Trinajstić information content (AvgIpc) is 3.40. The van der Waals surface area contributed by atoms with Gasteiger partial charge in [-0.25, -0.2) is 0 Å². The van der Waals surface area contributed by atoms with E-state index in [2.05, 4.69) is 26.4 Å². The number of rotatable bonds is 6. The Morgan fingerprint density at radius 1 is 0.980 bits per heavy atom. The van der Waals surface area contributed by atoms with Gasteiger partial charge >= 0.3 is 0 Å². The maximum atomic E-state index is 13.4. The molecule has 0 saturated heterocycles. The number of amides is 5. The second-order valence-corrected chi connectivity index (χ2v) is 13.3. The summed E-state index contributed by atoms with van der Waals surface area (Å²) in [6, 6.07) is 3.01. The van der Waals surface area contributed by atoms with Crippen molar-refractivity contribution < 1.29 is 43.1 Å². The fourth-order valence-electron chi connectivity index (χ4n) is 5.69. The van der Waals surface area contributed by atoms with Crippen LogP contribution in [0.15, 0.2) is 22.7 Å². The number of hydrogen-bond donors (Lipinski definition) is 5. The first-order valence-electron chi connectivity index (χ1n) is 17.6. The minimum atomic E-state index is -1.24. The van der Waals surface area contributed by atoms with Crippen LogP contribution >= 0.6 is 0 Å². The lowest BCUT2D eigenvalue weighted by molar-refractivity contribution is -0.134. The molecule has 3 atom stereocenters. The highest BCUT2D eigenvalue weighted by molar-refractivity contribution is 5.92. The summed E-state index contributed by atoms with van der Waals surface area (Å²) in [5.74, 6) is -0.543. The lowest BCUT2D eigenvalue weighted by Gasteiger charge is -2.26. The van der Waals surface area contributed by atoms with E-state index in [1.807, 2.05) is 13.8 Å². The molecule has 4 rings (SSSR count). The number of carbonyl (C=O) groups excluding carboxylic acids is 5. The van der Waals surface area contributed by atoms with Crippen molar-refractivity contribution in [1.82, 2.24) is 31.3 Å². The molecular weight excluding hydrogens is 660 g/mol. The van der Waals surface area contributed by atoms with E-state index in [-0.39, 0.29) is 49.6 Å². The van der Waals surface area contributed by atoms with Gasteiger partial charge < -0.3 is 45.3 Å². The summed E-state index contributed by atoms with van der Waals surface area (Å²) in [5, 5.41) is 25.4. The van der Waals surface area contributed by atoms with Crippen LogP contribution < -0.4 is 30.7 Å². The first kappa shape index (κ1) is 40.8. The number of aryl methyl sites for hydroxylation is 3. The zero-order valence-electron chi connectivity index (χ0n) is 30.6. The van der Waals surface area contributed by atoms with E-state index >= 15 is 0 Å². The number of nitrogens with zero attached hydrogens (tertiary/aromatic N) is 2. The monoisotopic (exact) mass is 714 g/mol. The van der Waals surface area contributed by atoms with Gasteiger partial charge in [0.25, 0.3) is 5.91 Å². The van der Waals surface area contributed by atoms with Crippen molar-refractivity contribution in [2.45, 2.75) is 97.8 Å². The largest absolute Gasteiger partial charge is 0.493 e. The van der Waals surface area contributed by atoms with E-state index in [0.29, 0.717) is 74.7 Å². The Hall–Kier alpha value is -4.66. The van der Waals surface area contributed by atoms with Gasteiger partial charge in [0.15, 0.2) is 18.1 Å². The predicted molar refractivity (Wildman–Crippen MR) is 188 cm³/mol. The number of aliphatic hydroxyl groups is 1. The zero-order chi connectivity index (χ0) is 37.5. The molecule has 0 spiro atoms. The minimum absolute atomic E-state index is 0.0509. The molecule has 5 N–H and O–H groups in total. The van der Waals surface area contributed by atoms with Gasteiger partial charge in [-0.15, -0.1) is 0 Å². The van der Waals surface area contributed by atoms with E-state index in [9.17, 15) is 29.1 Å². The van der Waals surface area contributed by atoms with E-state index in [1.165, 1.54) is 14.0 Å². The van der Waals surface area contributed by atoms with Gasteiger partial charge in [-0.05, 0) is 76.5 Å². The van der Waals surface area contributed by atoms with Crippen molar-refractivity contribution in [3.63, 3.8) is 0 Å². The van der Waals surface area contributed by atoms with Crippen LogP contribution in [0.1, 0.15) is 75.5 Å². The summed E-state index contributed by atoms with van der Waals surface area (Å²) in [6.07, 6.45) is 1.24. The van der Waals surface area contributed by atoms with Gasteiger partial charge in [0.1, 0.15) is 17.8 Å². The third-order valence-electron chi connectivity index (χ3n) is 8.59. The van der Waals surface area contributed by atoms with Gasteiger partial charge in [-0.3, -0.25) is 24.0 Å². The molecule has 2 aliphatic heterocycles. The molecule has 1 aromatic heterocycles. The van der Waals surface area contributed by atoms with Gasteiger partial charge in [-0.2, -0.15) is 0 Å². The van der Waals surface area contributed by atoms with Crippen molar-refractivity contribution in [2.24, 2.45) is 5.92 Å². The Morgan fingerprint density at radius 3 is 2.37 bits per heavy atom. The van der Waals surface area contributed by atoms with Crippen LogP contribution in [0.4, 0.5) is 0 Å². The Morgan fingerprint density at radius 2 is 1.71 bits per heavy atom. The number of aliphatic hydroxyl groups excluding tert-OH is 1. The second-order valence-electron chi connectivity index (χ2n) is 13.3. The molecular formula is C36H54N6O9. The van der Waals surface area contributed by atoms with Crippen molar-refractivity contribution in [2.75, 3.05) is 39.9 Å². The van der Waals surface area contributed by atoms with Crippen molar-refractivity contribution in [1.29, 1.82) is 0 Å². The normalized spacial score (nSPS) is 20.1. The smallest absolute Gasteiger partial charge is 0.257 e. The average molecular weight is 715 g/mol. The standard InChI is InChI=1S/C36H54N6O9/c1-22(2)18-28-35(47)40-34(24(4)43)36(48)38-14-7-8-16-42(33(46)20-27-23(3)41-51-25(27)5)17-9-15-37-32(45)21-50-29-12-10-26(19-30(29)49-6)11-13-31(44)39-28/h10,12,19,22,24,28,34,43H,7-9,11,13-18,20-21H2,1-6H3,(H,37,45)(H,38,48)(H,39,44)(H,40,47)/t24-,28-,34+/m1/s1. The molecule has 5 amide bonds. The topological polar surface area (TPSA) is 201 Å².